The van der Waals surface area contributed by atoms with Gasteiger partial charge in [0.1, 0.15) is 5.75 Å². The third-order valence-corrected chi connectivity index (χ3v) is 6.16. The molecule has 0 N–H and O–H groups in total. The Morgan fingerprint density at radius 1 is 0.867 bits per heavy atom. The van der Waals surface area contributed by atoms with Crippen LogP contribution in [0.4, 0.5) is 18.9 Å². The zero-order chi connectivity index (χ0) is 21.0. The summed E-state index contributed by atoms with van der Waals surface area (Å²) in [6.07, 6.45) is 1.38. The van der Waals surface area contributed by atoms with Crippen LogP contribution < -0.4 is 9.64 Å². The minimum absolute atomic E-state index is 0.590. The number of hydrogen-bond donors (Lipinski definition) is 0. The molecule has 0 atom stereocenters. The number of unbranched alkanes of at least 4 members (excludes halogenated alkanes) is 1. The number of benzene rings is 2. The van der Waals surface area contributed by atoms with Gasteiger partial charge in [-0.3, -0.25) is 4.90 Å². The quantitative estimate of drug-likeness (QED) is 0.577. The molecule has 1 fully saturated rings. The molecule has 0 spiro atoms. The third-order valence-electron chi connectivity index (χ3n) is 6.16. The number of ether oxygens (including phenoxy) is 1. The van der Waals surface area contributed by atoms with Crippen LogP contribution in [0, 0.1) is 0 Å². The molecule has 2 aromatic rings. The Hall–Kier alpha value is -2.21. The highest BCUT2D eigenvalue weighted by atomic mass is 19.4. The summed E-state index contributed by atoms with van der Waals surface area (Å²) in [5.41, 5.74) is 3.12. The van der Waals surface area contributed by atoms with Crippen LogP contribution in [0.5, 0.6) is 5.75 Å². The van der Waals surface area contributed by atoms with Crippen LogP contribution in [0.25, 0.3) is 0 Å². The van der Waals surface area contributed by atoms with Gasteiger partial charge in [-0.15, -0.1) is 0 Å². The lowest BCUT2D eigenvalue weighted by Crippen LogP contribution is -2.46. The van der Waals surface area contributed by atoms with Gasteiger partial charge < -0.3 is 9.64 Å². The molecule has 30 heavy (non-hydrogen) atoms. The molecule has 6 heteroatoms. The number of nitrogens with zero attached hydrogens (tertiary/aromatic N) is 2. The van der Waals surface area contributed by atoms with Crippen molar-refractivity contribution in [3.05, 3.63) is 59.2 Å². The largest absolute Gasteiger partial charge is 0.493 e. The van der Waals surface area contributed by atoms with Crippen LogP contribution in [-0.2, 0) is 19.0 Å². The van der Waals surface area contributed by atoms with Gasteiger partial charge in [-0.25, -0.2) is 0 Å². The summed E-state index contributed by atoms with van der Waals surface area (Å²) in [5.74, 6) is 1.06. The molecule has 1 saturated heterocycles. The summed E-state index contributed by atoms with van der Waals surface area (Å²) >= 11 is 0. The van der Waals surface area contributed by atoms with E-state index in [-0.39, 0.29) is 0 Å². The van der Waals surface area contributed by atoms with Crippen molar-refractivity contribution < 1.29 is 17.9 Å². The molecule has 0 amide bonds. The van der Waals surface area contributed by atoms with Crippen molar-refractivity contribution in [2.45, 2.75) is 38.3 Å². The first-order valence-corrected chi connectivity index (χ1v) is 10.9. The molecule has 162 valence electrons. The molecule has 2 aromatic carbocycles. The van der Waals surface area contributed by atoms with E-state index in [1.54, 1.807) is 12.1 Å². The number of fused-ring (bicyclic) bond motifs is 1. The Morgan fingerprint density at radius 2 is 1.63 bits per heavy atom. The fraction of sp³-hybridized carbons (Fsp3) is 0.500. The van der Waals surface area contributed by atoms with Crippen molar-refractivity contribution in [3.8, 4) is 5.75 Å². The maximum Gasteiger partial charge on any atom is 0.416 e. The highest BCUT2D eigenvalue weighted by molar-refractivity contribution is 5.48. The summed E-state index contributed by atoms with van der Waals surface area (Å²) in [6, 6.07) is 11.9. The fourth-order valence-corrected chi connectivity index (χ4v) is 4.43. The lowest BCUT2D eigenvalue weighted by Gasteiger charge is -2.36. The van der Waals surface area contributed by atoms with Crippen LogP contribution >= 0.6 is 0 Å². The monoisotopic (exact) mass is 418 g/mol. The molecule has 2 aliphatic rings. The van der Waals surface area contributed by atoms with E-state index in [0.717, 1.165) is 70.0 Å². The van der Waals surface area contributed by atoms with E-state index in [1.807, 2.05) is 0 Å². The minimum Gasteiger partial charge on any atom is -0.493 e. The standard InChI is InChI=1S/C24H29F3N2O/c25-24(26,27)20-9-11-21(12-10-20)29-16-14-28(15-17-29)13-1-2-18-30-23-8-4-6-19-5-3-7-22(19)23/h4,6,8-12H,1-3,5,7,13-18H2. The summed E-state index contributed by atoms with van der Waals surface area (Å²) in [7, 11) is 0. The van der Waals surface area contributed by atoms with Gasteiger partial charge in [-0.05, 0) is 80.1 Å². The van der Waals surface area contributed by atoms with Crippen LogP contribution in [-0.4, -0.2) is 44.2 Å². The van der Waals surface area contributed by atoms with Crippen molar-refractivity contribution in [1.29, 1.82) is 0 Å². The van der Waals surface area contributed by atoms with Gasteiger partial charge in [0, 0.05) is 31.9 Å². The average molecular weight is 419 g/mol. The predicted octanol–water partition coefficient (Wildman–Crippen LogP) is 5.18. The van der Waals surface area contributed by atoms with Crippen molar-refractivity contribution in [1.82, 2.24) is 4.90 Å². The lowest BCUT2D eigenvalue weighted by atomic mass is 10.1. The molecule has 0 unspecified atom stereocenters. The van der Waals surface area contributed by atoms with Crippen LogP contribution in [0.15, 0.2) is 42.5 Å². The summed E-state index contributed by atoms with van der Waals surface area (Å²) in [5, 5.41) is 0. The van der Waals surface area contributed by atoms with Crippen LogP contribution in [0.3, 0.4) is 0 Å². The van der Waals surface area contributed by atoms with Crippen molar-refractivity contribution in [2.75, 3.05) is 44.2 Å². The molecule has 1 aliphatic heterocycles. The molecule has 1 heterocycles. The smallest absolute Gasteiger partial charge is 0.416 e. The maximum absolute atomic E-state index is 12.7. The van der Waals surface area contributed by atoms with E-state index in [0.29, 0.717) is 0 Å². The van der Waals surface area contributed by atoms with Crippen molar-refractivity contribution in [3.63, 3.8) is 0 Å². The van der Waals surface area contributed by atoms with Gasteiger partial charge in [-0.2, -0.15) is 13.2 Å². The number of rotatable bonds is 7. The predicted molar refractivity (Wildman–Crippen MR) is 113 cm³/mol. The topological polar surface area (TPSA) is 15.7 Å². The van der Waals surface area contributed by atoms with Gasteiger partial charge in [0.15, 0.2) is 0 Å². The zero-order valence-corrected chi connectivity index (χ0v) is 17.3. The second-order valence-corrected chi connectivity index (χ2v) is 8.18. The molecule has 4 rings (SSSR count). The maximum atomic E-state index is 12.7. The summed E-state index contributed by atoms with van der Waals surface area (Å²) < 4.78 is 44.2. The van der Waals surface area contributed by atoms with Gasteiger partial charge in [0.25, 0.3) is 0 Å². The number of aryl methyl sites for hydroxylation is 1. The second-order valence-electron chi connectivity index (χ2n) is 8.18. The molecule has 1 aliphatic carbocycles. The van der Waals surface area contributed by atoms with Crippen LogP contribution in [0.1, 0.15) is 36.0 Å². The van der Waals surface area contributed by atoms with Gasteiger partial charge in [0.05, 0.1) is 12.2 Å². The Kier molecular flexibility index (Phi) is 6.52. The number of alkyl halides is 3. The van der Waals surface area contributed by atoms with E-state index in [2.05, 4.69) is 28.0 Å². The van der Waals surface area contributed by atoms with Gasteiger partial charge in [-0.1, -0.05) is 12.1 Å². The number of hydrogen-bond acceptors (Lipinski definition) is 3. The van der Waals surface area contributed by atoms with E-state index in [4.69, 9.17) is 4.74 Å². The summed E-state index contributed by atoms with van der Waals surface area (Å²) in [4.78, 5) is 4.59. The summed E-state index contributed by atoms with van der Waals surface area (Å²) in [6.45, 7) is 5.36. The zero-order valence-electron chi connectivity index (χ0n) is 17.3. The third kappa shape index (κ3) is 5.09. The lowest BCUT2D eigenvalue weighted by molar-refractivity contribution is -0.137. The number of anilines is 1. The highest BCUT2D eigenvalue weighted by Crippen LogP contribution is 2.31. The highest BCUT2D eigenvalue weighted by Gasteiger charge is 2.30. The molecular formula is C24H29F3N2O. The van der Waals surface area contributed by atoms with E-state index in [1.165, 1.54) is 36.1 Å². The van der Waals surface area contributed by atoms with Crippen molar-refractivity contribution in [2.24, 2.45) is 0 Å². The van der Waals surface area contributed by atoms with E-state index in [9.17, 15) is 13.2 Å². The molecule has 3 nitrogen and oxygen atoms in total. The molecule has 0 aromatic heterocycles. The number of halogens is 3. The normalized spacial score (nSPS) is 17.2. The first-order valence-electron chi connectivity index (χ1n) is 10.9. The molecular weight excluding hydrogens is 389 g/mol. The minimum atomic E-state index is -4.28. The Labute approximate surface area is 176 Å². The van der Waals surface area contributed by atoms with Gasteiger partial charge >= 0.3 is 6.18 Å². The van der Waals surface area contributed by atoms with Crippen molar-refractivity contribution >= 4 is 5.69 Å². The molecule has 0 bridgehead atoms. The van der Waals surface area contributed by atoms with Gasteiger partial charge in [0.2, 0.25) is 0 Å². The SMILES string of the molecule is FC(F)(F)c1ccc(N2CCN(CCCCOc3cccc4c3CCC4)CC2)cc1. The fourth-order valence-electron chi connectivity index (χ4n) is 4.43. The van der Waals surface area contributed by atoms with E-state index < -0.39 is 11.7 Å². The molecule has 0 radical (unpaired) electrons. The van der Waals surface area contributed by atoms with E-state index >= 15 is 0 Å². The van der Waals surface area contributed by atoms with Crippen LogP contribution in [0.2, 0.25) is 0 Å². The molecule has 0 saturated carbocycles. The first kappa shape index (κ1) is 21.0. The second kappa shape index (κ2) is 9.29. The Bertz CT molecular complexity index is 827. The average Bonchev–Trinajstić information content (AvgIpc) is 3.23. The Balaban J connectivity index is 1.15. The first-order chi connectivity index (χ1) is 14.5. The Morgan fingerprint density at radius 3 is 2.37 bits per heavy atom. The number of piperazine rings is 1.